The van der Waals surface area contributed by atoms with Crippen LogP contribution in [-0.2, 0) is 19.2 Å². The lowest BCUT2D eigenvalue weighted by Gasteiger charge is -2.42. The van der Waals surface area contributed by atoms with Gasteiger partial charge in [-0.1, -0.05) is 23.8 Å². The van der Waals surface area contributed by atoms with E-state index >= 15 is 0 Å². The van der Waals surface area contributed by atoms with Crippen molar-refractivity contribution in [3.8, 4) is 23.0 Å². The molecule has 4 atom stereocenters. The molecule has 228 valence electrons. The normalized spacial score (nSPS) is 24.1. The van der Waals surface area contributed by atoms with Gasteiger partial charge in [-0.3, -0.25) is 24.1 Å². The number of rotatable bonds is 4. The zero-order valence-corrected chi connectivity index (χ0v) is 26.0. The number of hydrogen-bond acceptors (Lipinski definition) is 8. The van der Waals surface area contributed by atoms with Crippen molar-refractivity contribution >= 4 is 56.1 Å². The molecule has 1 aromatic heterocycles. The van der Waals surface area contributed by atoms with Crippen molar-refractivity contribution < 1.29 is 33.4 Å². The first kappa shape index (κ1) is 28.4. The van der Waals surface area contributed by atoms with Crippen LogP contribution in [-0.4, -0.2) is 40.6 Å². The van der Waals surface area contributed by atoms with Crippen LogP contribution in [0.25, 0.3) is 22.6 Å². The maximum absolute atomic E-state index is 14.2. The number of hydrogen-bond donors (Lipinski definition) is 1. The number of aromatic hydroxyl groups is 1. The predicted molar refractivity (Wildman–Crippen MR) is 171 cm³/mol. The summed E-state index contributed by atoms with van der Waals surface area (Å²) in [6.45, 7) is 0. The molecule has 1 N–H and O–H groups in total. The Balaban J connectivity index is 1.17. The quantitative estimate of drug-likeness (QED) is 0.154. The van der Waals surface area contributed by atoms with Gasteiger partial charge < -0.3 is 14.3 Å². The molecule has 1 saturated heterocycles. The Morgan fingerprint density at radius 3 is 2.52 bits per heavy atom. The van der Waals surface area contributed by atoms with Crippen LogP contribution in [0.1, 0.15) is 24.3 Å². The number of carbonyl (C=O) groups excluding carboxylic acids is 4. The van der Waals surface area contributed by atoms with Crippen molar-refractivity contribution in [1.29, 1.82) is 0 Å². The lowest BCUT2D eigenvalue weighted by molar-refractivity contribution is -0.123. The molecule has 10 heteroatoms. The number of methoxy groups -OCH3 is 1. The maximum Gasteiger partial charge on any atom is 0.238 e. The number of phenols is 1. The number of ketones is 2. The average molecular weight is 678 g/mol. The van der Waals surface area contributed by atoms with Crippen molar-refractivity contribution in [1.82, 2.24) is 4.98 Å². The van der Waals surface area contributed by atoms with Gasteiger partial charge in [0.15, 0.2) is 17.1 Å². The summed E-state index contributed by atoms with van der Waals surface area (Å²) in [7, 11) is 1.50. The fraction of sp³-hybridized carbons (Fsp3) is 0.194. The molecule has 1 fully saturated rings. The number of Topliss-reactive ketones (excluding diaryl/α,β-unsaturated/α-hetero) is 1. The van der Waals surface area contributed by atoms with Crippen LogP contribution >= 0.6 is 15.9 Å². The number of amides is 2. The number of fused-ring (bicyclic) bond motifs is 4. The third kappa shape index (κ3) is 4.16. The number of carbonyl (C=O) groups is 4. The third-order valence-electron chi connectivity index (χ3n) is 9.54. The van der Waals surface area contributed by atoms with Gasteiger partial charge in [-0.05, 0) is 89.3 Å². The minimum absolute atomic E-state index is 0.0651. The van der Waals surface area contributed by atoms with Gasteiger partial charge in [0.2, 0.25) is 17.7 Å². The van der Waals surface area contributed by atoms with Gasteiger partial charge in [-0.15, -0.1) is 0 Å². The van der Waals surface area contributed by atoms with Crippen LogP contribution in [0.4, 0.5) is 5.69 Å². The Morgan fingerprint density at radius 2 is 1.76 bits per heavy atom. The molecule has 0 spiro atoms. The molecule has 8 rings (SSSR count). The molecular formula is C36H25BrN2O7. The molecule has 4 aromatic rings. The number of imide groups is 1. The smallest absolute Gasteiger partial charge is 0.238 e. The Morgan fingerprint density at radius 1 is 0.978 bits per heavy atom. The number of anilines is 1. The molecule has 4 aliphatic rings. The van der Waals surface area contributed by atoms with Crippen molar-refractivity contribution in [2.75, 3.05) is 12.0 Å². The van der Waals surface area contributed by atoms with E-state index in [1.807, 2.05) is 30.3 Å². The molecule has 0 bridgehead atoms. The van der Waals surface area contributed by atoms with Gasteiger partial charge >= 0.3 is 0 Å². The topological polar surface area (TPSA) is 127 Å². The van der Waals surface area contributed by atoms with Gasteiger partial charge in [-0.2, -0.15) is 0 Å². The van der Waals surface area contributed by atoms with Crippen molar-refractivity contribution in [2.24, 2.45) is 17.8 Å². The first-order valence-corrected chi connectivity index (χ1v) is 15.6. The van der Waals surface area contributed by atoms with Crippen LogP contribution in [0.3, 0.4) is 0 Å². The van der Waals surface area contributed by atoms with E-state index < -0.39 is 23.7 Å². The van der Waals surface area contributed by atoms with E-state index in [-0.39, 0.29) is 57.6 Å². The molecule has 4 unspecified atom stereocenters. The highest BCUT2D eigenvalue weighted by Crippen LogP contribution is 2.56. The minimum atomic E-state index is -0.786. The number of benzene rings is 3. The van der Waals surface area contributed by atoms with E-state index in [1.165, 1.54) is 24.2 Å². The molecule has 3 aromatic carbocycles. The van der Waals surface area contributed by atoms with E-state index in [1.54, 1.807) is 36.4 Å². The average Bonchev–Trinajstić information content (AvgIpc) is 3.61. The molecule has 0 saturated carbocycles. The van der Waals surface area contributed by atoms with Gasteiger partial charge in [0.05, 0.1) is 29.1 Å². The predicted octanol–water partition coefficient (Wildman–Crippen LogP) is 6.18. The van der Waals surface area contributed by atoms with Crippen LogP contribution in [0, 0.1) is 17.8 Å². The van der Waals surface area contributed by atoms with Crippen molar-refractivity contribution in [2.45, 2.75) is 18.8 Å². The second-order valence-corrected chi connectivity index (χ2v) is 12.7. The van der Waals surface area contributed by atoms with E-state index in [0.29, 0.717) is 34.0 Å². The lowest BCUT2D eigenvalue weighted by atomic mass is 9.59. The fourth-order valence-corrected chi connectivity index (χ4v) is 7.90. The second-order valence-electron chi connectivity index (χ2n) is 11.9. The van der Waals surface area contributed by atoms with Crippen molar-refractivity contribution in [3.05, 3.63) is 106 Å². The fourth-order valence-electron chi connectivity index (χ4n) is 7.46. The molecule has 9 nitrogen and oxygen atoms in total. The minimum Gasteiger partial charge on any atom is -0.508 e. The summed E-state index contributed by atoms with van der Waals surface area (Å²) in [4.78, 5) is 60.8. The monoisotopic (exact) mass is 676 g/mol. The molecule has 2 heterocycles. The van der Waals surface area contributed by atoms with Crippen LogP contribution in [0.2, 0.25) is 0 Å². The van der Waals surface area contributed by atoms with Gasteiger partial charge in [0.1, 0.15) is 17.0 Å². The summed E-state index contributed by atoms with van der Waals surface area (Å²) < 4.78 is 11.4. The number of para-hydroxylation sites is 2. The molecular weight excluding hydrogens is 652 g/mol. The largest absolute Gasteiger partial charge is 0.508 e. The van der Waals surface area contributed by atoms with Crippen LogP contribution in [0.15, 0.2) is 105 Å². The van der Waals surface area contributed by atoms with E-state index in [4.69, 9.17) is 9.15 Å². The number of phenolic OH excluding ortho intramolecular Hbond substituents is 1. The first-order chi connectivity index (χ1) is 22.2. The number of halogens is 1. The highest BCUT2D eigenvalue weighted by atomic mass is 79.9. The maximum atomic E-state index is 14.2. The molecule has 0 radical (unpaired) electrons. The van der Waals surface area contributed by atoms with Crippen molar-refractivity contribution in [3.63, 3.8) is 0 Å². The number of allylic oxidation sites excluding steroid dienone is 6. The summed E-state index contributed by atoms with van der Waals surface area (Å²) in [6, 6.07) is 19.1. The summed E-state index contributed by atoms with van der Waals surface area (Å²) in [6.07, 6.45) is 3.58. The van der Waals surface area contributed by atoms with E-state index in [0.717, 1.165) is 11.1 Å². The standard InChI is InChI=1S/C36H25BrN2O7/c1-45-19-10-13-27(40)23(14-19)30-20-11-12-21-31(22(20)15-24-32(30)28(41)16-25(37)33(24)42)36(44)39(35(21)43)18-8-6-17(7-9-18)34-38-26-4-2-3-5-29(26)46-34/h2-11,13-14,16,21-22,30-31,40H,12,15H2,1H3. The molecule has 1 aliphatic heterocycles. The second kappa shape index (κ2) is 10.5. The van der Waals surface area contributed by atoms with Gasteiger partial charge in [-0.25, -0.2) is 4.98 Å². The molecule has 46 heavy (non-hydrogen) atoms. The van der Waals surface area contributed by atoms with Crippen LogP contribution < -0.4 is 9.64 Å². The van der Waals surface area contributed by atoms with Gasteiger partial charge in [0.25, 0.3) is 0 Å². The summed E-state index contributed by atoms with van der Waals surface area (Å²) in [5.74, 6) is -3.23. The lowest BCUT2D eigenvalue weighted by Crippen LogP contribution is -2.39. The summed E-state index contributed by atoms with van der Waals surface area (Å²) >= 11 is 3.24. The molecule has 2 amide bonds. The summed E-state index contributed by atoms with van der Waals surface area (Å²) in [5.41, 5.74) is 4.22. The first-order valence-electron chi connectivity index (χ1n) is 14.8. The summed E-state index contributed by atoms with van der Waals surface area (Å²) in [5, 5.41) is 11.0. The molecule has 3 aliphatic carbocycles. The Hall–Kier alpha value is -5.09. The van der Waals surface area contributed by atoms with Crippen LogP contribution in [0.5, 0.6) is 11.5 Å². The number of aromatic nitrogens is 1. The third-order valence-corrected chi connectivity index (χ3v) is 10.1. The zero-order chi connectivity index (χ0) is 31.9. The zero-order valence-electron chi connectivity index (χ0n) is 24.4. The number of oxazole rings is 1. The van der Waals surface area contributed by atoms with E-state index in [2.05, 4.69) is 20.9 Å². The number of ether oxygens (including phenoxy) is 1. The van der Waals surface area contributed by atoms with E-state index in [9.17, 15) is 24.3 Å². The Bertz CT molecular complexity index is 2090. The van der Waals surface area contributed by atoms with Gasteiger partial charge in [0, 0.05) is 34.3 Å². The highest BCUT2D eigenvalue weighted by Gasteiger charge is 2.57. The SMILES string of the molecule is COc1ccc(O)c(C2C3=CCC4C(=O)N(c5ccc(-c6nc7ccccc7o6)cc5)C(=O)C4C3CC3=C2C(=O)C=C(Br)C3=O)c1. The Labute approximate surface area is 271 Å². The number of nitrogens with zero attached hydrogens (tertiary/aromatic N) is 2. The highest BCUT2D eigenvalue weighted by molar-refractivity contribution is 9.12. The Kier molecular flexibility index (Phi) is 6.47.